The van der Waals surface area contributed by atoms with Crippen molar-refractivity contribution in [1.29, 1.82) is 0 Å². The molecule has 1 aliphatic carbocycles. The number of allylic oxidation sites excluding steroid dienone is 3. The summed E-state index contributed by atoms with van der Waals surface area (Å²) in [6, 6.07) is 23.2. The minimum atomic E-state index is 0.924. The topological polar surface area (TPSA) is 13.1 Å². The number of benzene rings is 2. The lowest BCUT2D eigenvalue weighted by molar-refractivity contribution is 0.554. The average molecular weight is 298 g/mol. The van der Waals surface area contributed by atoms with Gasteiger partial charge in [0.25, 0.3) is 0 Å². The molecule has 0 radical (unpaired) electrons. The Morgan fingerprint density at radius 3 is 2.04 bits per heavy atom. The predicted octanol–water partition coefficient (Wildman–Crippen LogP) is 6.05. The van der Waals surface area contributed by atoms with E-state index in [-0.39, 0.29) is 0 Å². The second-order valence-electron chi connectivity index (χ2n) is 6.01. The van der Waals surface area contributed by atoms with E-state index in [4.69, 9.17) is 4.42 Å². The molecule has 23 heavy (non-hydrogen) atoms. The Kier molecular flexibility index (Phi) is 3.27. The predicted molar refractivity (Wildman–Crippen MR) is 95.8 cm³/mol. The molecule has 0 bridgehead atoms. The summed E-state index contributed by atoms with van der Waals surface area (Å²) in [5, 5.41) is 0. The SMILES string of the molecule is CC(C)=C1C(c2ccccc2)=C(c2ccco2)c2ccccc21. The number of furan rings is 1. The molecule has 3 aromatic rings. The normalized spacial score (nSPS) is 13.4. The van der Waals surface area contributed by atoms with Gasteiger partial charge >= 0.3 is 0 Å². The van der Waals surface area contributed by atoms with Gasteiger partial charge < -0.3 is 4.42 Å². The lowest BCUT2D eigenvalue weighted by Gasteiger charge is -2.11. The van der Waals surface area contributed by atoms with E-state index in [9.17, 15) is 0 Å². The van der Waals surface area contributed by atoms with Gasteiger partial charge in [-0.15, -0.1) is 0 Å². The third kappa shape index (κ3) is 2.17. The Bertz CT molecular complexity index is 906. The van der Waals surface area contributed by atoms with E-state index in [2.05, 4.69) is 68.4 Å². The first-order valence-corrected chi connectivity index (χ1v) is 7.88. The van der Waals surface area contributed by atoms with E-state index < -0.39 is 0 Å². The van der Waals surface area contributed by atoms with Gasteiger partial charge in [0.15, 0.2) is 0 Å². The Balaban J connectivity index is 2.12. The molecule has 0 amide bonds. The lowest BCUT2D eigenvalue weighted by atomic mass is 9.93. The van der Waals surface area contributed by atoms with Gasteiger partial charge in [-0.3, -0.25) is 0 Å². The Hall–Kier alpha value is -2.80. The van der Waals surface area contributed by atoms with Crippen LogP contribution in [0.1, 0.15) is 36.3 Å². The highest BCUT2D eigenvalue weighted by Crippen LogP contribution is 2.50. The molecule has 1 aromatic heterocycles. The van der Waals surface area contributed by atoms with Crippen LogP contribution in [0.15, 0.2) is 83.0 Å². The summed E-state index contributed by atoms with van der Waals surface area (Å²) in [5.41, 5.74) is 8.85. The van der Waals surface area contributed by atoms with Gasteiger partial charge in [-0.05, 0) is 48.2 Å². The van der Waals surface area contributed by atoms with Gasteiger partial charge in [0, 0.05) is 11.1 Å². The summed E-state index contributed by atoms with van der Waals surface area (Å²) in [6.45, 7) is 4.36. The number of rotatable bonds is 2. The van der Waals surface area contributed by atoms with Crippen LogP contribution in [0.4, 0.5) is 0 Å². The zero-order valence-corrected chi connectivity index (χ0v) is 13.3. The second kappa shape index (κ2) is 5.44. The van der Waals surface area contributed by atoms with Crippen LogP contribution in [-0.2, 0) is 0 Å². The van der Waals surface area contributed by atoms with E-state index in [1.165, 1.54) is 39.0 Å². The molecular formula is C22H18O. The number of hydrogen-bond acceptors (Lipinski definition) is 1. The van der Waals surface area contributed by atoms with Crippen molar-refractivity contribution >= 4 is 16.7 Å². The van der Waals surface area contributed by atoms with Crippen LogP contribution in [0, 0.1) is 0 Å². The highest BCUT2D eigenvalue weighted by molar-refractivity contribution is 6.24. The molecular weight excluding hydrogens is 280 g/mol. The third-order valence-corrected chi connectivity index (χ3v) is 4.30. The number of fused-ring (bicyclic) bond motifs is 1. The maximum Gasteiger partial charge on any atom is 0.135 e. The molecule has 2 aromatic carbocycles. The molecule has 1 heteroatoms. The van der Waals surface area contributed by atoms with Crippen molar-refractivity contribution in [3.05, 3.63) is 101 Å². The number of hydrogen-bond donors (Lipinski definition) is 0. The Morgan fingerprint density at radius 1 is 0.696 bits per heavy atom. The van der Waals surface area contributed by atoms with Crippen LogP contribution in [0.3, 0.4) is 0 Å². The molecule has 0 spiro atoms. The molecule has 0 atom stereocenters. The monoisotopic (exact) mass is 298 g/mol. The van der Waals surface area contributed by atoms with Crippen molar-refractivity contribution in [2.45, 2.75) is 13.8 Å². The van der Waals surface area contributed by atoms with Gasteiger partial charge in [0.05, 0.1) is 6.26 Å². The molecule has 1 nitrogen and oxygen atoms in total. The van der Waals surface area contributed by atoms with Gasteiger partial charge in [-0.1, -0.05) is 60.2 Å². The van der Waals surface area contributed by atoms with Crippen LogP contribution < -0.4 is 0 Å². The lowest BCUT2D eigenvalue weighted by Crippen LogP contribution is -1.89. The minimum absolute atomic E-state index is 0.924. The molecule has 1 aliphatic rings. The molecule has 0 saturated carbocycles. The molecule has 0 N–H and O–H groups in total. The minimum Gasteiger partial charge on any atom is -0.464 e. The fourth-order valence-electron chi connectivity index (χ4n) is 3.40. The highest BCUT2D eigenvalue weighted by Gasteiger charge is 2.29. The molecule has 4 rings (SSSR count). The van der Waals surface area contributed by atoms with E-state index in [0.29, 0.717) is 0 Å². The fraction of sp³-hybridized carbons (Fsp3) is 0.0909. The van der Waals surface area contributed by atoms with Crippen LogP contribution in [0.25, 0.3) is 16.7 Å². The van der Waals surface area contributed by atoms with E-state index in [1.807, 2.05) is 12.1 Å². The van der Waals surface area contributed by atoms with Crippen LogP contribution in [0.2, 0.25) is 0 Å². The largest absolute Gasteiger partial charge is 0.464 e. The van der Waals surface area contributed by atoms with Gasteiger partial charge in [-0.2, -0.15) is 0 Å². The summed E-state index contributed by atoms with van der Waals surface area (Å²) in [4.78, 5) is 0. The summed E-state index contributed by atoms with van der Waals surface area (Å²) < 4.78 is 5.77. The molecule has 1 heterocycles. The van der Waals surface area contributed by atoms with Gasteiger partial charge in [0.1, 0.15) is 5.76 Å². The standard InChI is InChI=1S/C22H18O/c1-15(2)20-17-11-6-7-12-18(17)22(19-13-8-14-23-19)21(20)16-9-4-3-5-10-16/h3-14H,1-2H3. The van der Waals surface area contributed by atoms with Crippen molar-refractivity contribution in [2.24, 2.45) is 0 Å². The molecule has 112 valence electrons. The van der Waals surface area contributed by atoms with Crippen molar-refractivity contribution in [3.8, 4) is 0 Å². The zero-order chi connectivity index (χ0) is 15.8. The summed E-state index contributed by atoms with van der Waals surface area (Å²) >= 11 is 0. The fourth-order valence-corrected chi connectivity index (χ4v) is 3.40. The quantitative estimate of drug-likeness (QED) is 0.561. The van der Waals surface area contributed by atoms with Crippen LogP contribution in [-0.4, -0.2) is 0 Å². The molecule has 0 fully saturated rings. The van der Waals surface area contributed by atoms with Crippen LogP contribution in [0.5, 0.6) is 0 Å². The Morgan fingerprint density at radius 2 is 1.39 bits per heavy atom. The van der Waals surface area contributed by atoms with E-state index in [1.54, 1.807) is 6.26 Å². The van der Waals surface area contributed by atoms with Crippen molar-refractivity contribution in [3.63, 3.8) is 0 Å². The van der Waals surface area contributed by atoms with Gasteiger partial charge in [-0.25, -0.2) is 0 Å². The molecule has 0 aliphatic heterocycles. The summed E-state index contributed by atoms with van der Waals surface area (Å²) in [7, 11) is 0. The summed E-state index contributed by atoms with van der Waals surface area (Å²) in [5.74, 6) is 0.924. The third-order valence-electron chi connectivity index (χ3n) is 4.30. The average Bonchev–Trinajstić information content (AvgIpc) is 3.20. The Labute approximate surface area is 136 Å². The van der Waals surface area contributed by atoms with E-state index in [0.717, 1.165) is 5.76 Å². The van der Waals surface area contributed by atoms with Crippen molar-refractivity contribution in [2.75, 3.05) is 0 Å². The van der Waals surface area contributed by atoms with Crippen LogP contribution >= 0.6 is 0 Å². The second-order valence-corrected chi connectivity index (χ2v) is 6.01. The zero-order valence-electron chi connectivity index (χ0n) is 13.3. The first-order chi connectivity index (χ1) is 11.3. The molecule has 0 unspecified atom stereocenters. The summed E-state index contributed by atoms with van der Waals surface area (Å²) in [6.07, 6.45) is 1.74. The smallest absolute Gasteiger partial charge is 0.135 e. The highest BCUT2D eigenvalue weighted by atomic mass is 16.3. The first kappa shape index (κ1) is 13.8. The van der Waals surface area contributed by atoms with E-state index >= 15 is 0 Å². The van der Waals surface area contributed by atoms with Crippen molar-refractivity contribution in [1.82, 2.24) is 0 Å². The maximum absolute atomic E-state index is 5.77. The van der Waals surface area contributed by atoms with Gasteiger partial charge in [0.2, 0.25) is 0 Å². The molecule has 0 saturated heterocycles. The van der Waals surface area contributed by atoms with Crippen molar-refractivity contribution < 1.29 is 4.42 Å². The first-order valence-electron chi connectivity index (χ1n) is 7.88. The maximum atomic E-state index is 5.77.